The smallest absolute Gasteiger partial charge is 0.347 e. The van der Waals surface area contributed by atoms with Gasteiger partial charge >= 0.3 is 11.7 Å². The molecule has 0 amide bonds. The summed E-state index contributed by atoms with van der Waals surface area (Å²) in [5.74, 6) is -0.441. The largest absolute Gasteiger partial charge is 0.462 e. The lowest BCUT2D eigenvalue weighted by molar-refractivity contribution is 0.0500. The number of rotatable bonds is 5. The first-order valence-electron chi connectivity index (χ1n) is 7.43. The van der Waals surface area contributed by atoms with Crippen LogP contribution in [-0.4, -0.2) is 27.2 Å². The van der Waals surface area contributed by atoms with Crippen molar-refractivity contribution in [2.24, 2.45) is 0 Å². The van der Waals surface area contributed by atoms with E-state index in [1.54, 1.807) is 12.1 Å². The Labute approximate surface area is 132 Å². The average molecular weight is 311 g/mol. The van der Waals surface area contributed by atoms with E-state index in [0.29, 0.717) is 17.8 Å². The molecule has 0 bridgehead atoms. The van der Waals surface area contributed by atoms with Crippen LogP contribution in [0.2, 0.25) is 0 Å². The molecular weight excluding hydrogens is 294 g/mol. The monoisotopic (exact) mass is 311 g/mol. The molecule has 0 fully saturated rings. The Balaban J connectivity index is 1.55. The summed E-state index contributed by atoms with van der Waals surface area (Å²) in [5, 5.41) is 6.13. The van der Waals surface area contributed by atoms with Gasteiger partial charge in [0.1, 0.15) is 0 Å². The molecule has 6 heteroatoms. The second-order valence-corrected chi connectivity index (χ2v) is 5.40. The van der Waals surface area contributed by atoms with Crippen LogP contribution in [0.4, 0.5) is 0 Å². The third kappa shape index (κ3) is 3.48. The Morgan fingerprint density at radius 1 is 1.22 bits per heavy atom. The zero-order chi connectivity index (χ0) is 16.2. The molecule has 2 aromatic heterocycles. The third-order valence-electron chi connectivity index (χ3n) is 3.61. The molecule has 0 atom stereocenters. The maximum Gasteiger partial charge on any atom is 0.347 e. The molecule has 0 saturated heterocycles. The van der Waals surface area contributed by atoms with Crippen LogP contribution < -0.4 is 5.69 Å². The molecule has 0 spiro atoms. The van der Waals surface area contributed by atoms with Crippen molar-refractivity contribution < 1.29 is 9.53 Å². The van der Waals surface area contributed by atoms with E-state index in [1.165, 1.54) is 21.7 Å². The van der Waals surface area contributed by atoms with Gasteiger partial charge < -0.3 is 4.74 Å². The van der Waals surface area contributed by atoms with Crippen molar-refractivity contribution in [1.82, 2.24) is 14.6 Å². The maximum absolute atomic E-state index is 12.0. The van der Waals surface area contributed by atoms with Gasteiger partial charge in [0, 0.05) is 6.20 Å². The summed E-state index contributed by atoms with van der Waals surface area (Å²) in [5.41, 5.74) is 2.86. The lowest BCUT2D eigenvalue weighted by atomic mass is 10.1. The number of carbonyl (C=O) groups is 1. The summed E-state index contributed by atoms with van der Waals surface area (Å²) in [6, 6.07) is 11.5. The number of aromatic amines is 1. The van der Waals surface area contributed by atoms with Crippen molar-refractivity contribution in [3.63, 3.8) is 0 Å². The summed E-state index contributed by atoms with van der Waals surface area (Å²) in [7, 11) is 0. The predicted octanol–water partition coefficient (Wildman–Crippen LogP) is 2.12. The summed E-state index contributed by atoms with van der Waals surface area (Å²) >= 11 is 0. The molecule has 1 N–H and O–H groups in total. The molecule has 2 heterocycles. The zero-order valence-electron chi connectivity index (χ0n) is 12.8. The minimum atomic E-state index is -0.441. The Bertz CT molecular complexity index is 878. The topological polar surface area (TPSA) is 76.5 Å². The molecule has 1 aromatic carbocycles. The number of esters is 1. The number of nitrogens with one attached hydrogen (secondary N) is 1. The Morgan fingerprint density at radius 2 is 2.00 bits per heavy atom. The van der Waals surface area contributed by atoms with Crippen LogP contribution in [0.5, 0.6) is 0 Å². The van der Waals surface area contributed by atoms with Crippen molar-refractivity contribution in [3.05, 3.63) is 69.8 Å². The van der Waals surface area contributed by atoms with Gasteiger partial charge in [0.05, 0.1) is 12.2 Å². The van der Waals surface area contributed by atoms with Crippen molar-refractivity contribution in [3.8, 4) is 0 Å². The zero-order valence-corrected chi connectivity index (χ0v) is 12.8. The van der Waals surface area contributed by atoms with Gasteiger partial charge in [-0.2, -0.15) is 5.10 Å². The van der Waals surface area contributed by atoms with Gasteiger partial charge in [-0.05, 0) is 37.5 Å². The van der Waals surface area contributed by atoms with E-state index in [0.717, 1.165) is 12.8 Å². The van der Waals surface area contributed by atoms with Crippen molar-refractivity contribution in [2.75, 3.05) is 6.61 Å². The molecule has 0 aliphatic heterocycles. The Hall–Kier alpha value is -2.89. The molecule has 0 unspecified atom stereocenters. The normalized spacial score (nSPS) is 10.8. The first kappa shape index (κ1) is 15.0. The average Bonchev–Trinajstić information content (AvgIpc) is 2.94. The number of nitrogens with zero attached hydrogens (tertiary/aromatic N) is 2. The molecule has 3 rings (SSSR count). The highest BCUT2D eigenvalue weighted by atomic mass is 16.5. The summed E-state index contributed by atoms with van der Waals surface area (Å²) in [6.07, 6.45) is 3.04. The van der Waals surface area contributed by atoms with Gasteiger partial charge in [0.2, 0.25) is 0 Å². The second-order valence-electron chi connectivity index (χ2n) is 5.40. The standard InChI is InChI=1S/C17H17N3O3/c1-12-4-6-13(7-5-12)3-2-10-23-16(21)14-8-9-15-18-19-17(22)20(15)11-14/h4-9,11H,2-3,10H2,1H3,(H,19,22). The number of hydrogen-bond donors (Lipinski definition) is 1. The molecule has 0 aliphatic carbocycles. The predicted molar refractivity (Wildman–Crippen MR) is 85.6 cm³/mol. The van der Waals surface area contributed by atoms with Crippen LogP contribution in [0.1, 0.15) is 27.9 Å². The van der Waals surface area contributed by atoms with E-state index in [-0.39, 0.29) is 5.69 Å². The molecule has 118 valence electrons. The van der Waals surface area contributed by atoms with Crippen LogP contribution >= 0.6 is 0 Å². The van der Waals surface area contributed by atoms with Gasteiger partial charge in [0.25, 0.3) is 0 Å². The SMILES string of the molecule is Cc1ccc(CCCOC(=O)c2ccc3n[nH]c(=O)n3c2)cc1. The van der Waals surface area contributed by atoms with Crippen LogP contribution in [0.3, 0.4) is 0 Å². The quantitative estimate of drug-likeness (QED) is 0.578. The van der Waals surface area contributed by atoms with E-state index < -0.39 is 5.97 Å². The van der Waals surface area contributed by atoms with Crippen molar-refractivity contribution in [2.45, 2.75) is 19.8 Å². The number of benzene rings is 1. The van der Waals surface area contributed by atoms with E-state index in [4.69, 9.17) is 4.74 Å². The summed E-state index contributed by atoms with van der Waals surface area (Å²) in [6.45, 7) is 2.39. The number of carbonyl (C=O) groups excluding carboxylic acids is 1. The third-order valence-corrected chi connectivity index (χ3v) is 3.61. The number of pyridine rings is 1. The molecule has 3 aromatic rings. The highest BCUT2D eigenvalue weighted by molar-refractivity contribution is 5.89. The van der Waals surface area contributed by atoms with Gasteiger partial charge in [-0.1, -0.05) is 29.8 Å². The summed E-state index contributed by atoms with van der Waals surface area (Å²) < 4.78 is 6.53. The lowest BCUT2D eigenvalue weighted by Gasteiger charge is -2.05. The van der Waals surface area contributed by atoms with E-state index in [9.17, 15) is 9.59 Å². The molecule has 0 radical (unpaired) electrons. The number of aryl methyl sites for hydroxylation is 2. The molecule has 6 nitrogen and oxygen atoms in total. The molecule has 0 saturated carbocycles. The number of H-pyrrole nitrogens is 1. The number of hydrogen-bond acceptors (Lipinski definition) is 4. The summed E-state index contributed by atoms with van der Waals surface area (Å²) in [4.78, 5) is 23.5. The fourth-order valence-electron chi connectivity index (χ4n) is 2.31. The lowest BCUT2D eigenvalue weighted by Crippen LogP contribution is -2.12. The van der Waals surface area contributed by atoms with E-state index in [2.05, 4.69) is 34.5 Å². The first-order valence-corrected chi connectivity index (χ1v) is 7.43. The van der Waals surface area contributed by atoms with Crippen LogP contribution in [0, 0.1) is 6.92 Å². The molecular formula is C17H17N3O3. The van der Waals surface area contributed by atoms with Gasteiger partial charge in [0.15, 0.2) is 5.65 Å². The minimum absolute atomic E-state index is 0.330. The fraction of sp³-hybridized carbons (Fsp3) is 0.235. The van der Waals surface area contributed by atoms with Crippen molar-refractivity contribution in [1.29, 1.82) is 0 Å². The van der Waals surface area contributed by atoms with Gasteiger partial charge in [-0.3, -0.25) is 0 Å². The van der Waals surface area contributed by atoms with Gasteiger partial charge in [-0.15, -0.1) is 0 Å². The van der Waals surface area contributed by atoms with Crippen molar-refractivity contribution >= 4 is 11.6 Å². The second kappa shape index (κ2) is 6.48. The Kier molecular flexibility index (Phi) is 4.23. The fourth-order valence-corrected chi connectivity index (χ4v) is 2.31. The van der Waals surface area contributed by atoms with Crippen LogP contribution in [0.25, 0.3) is 5.65 Å². The first-order chi connectivity index (χ1) is 11.1. The van der Waals surface area contributed by atoms with E-state index in [1.807, 2.05) is 6.92 Å². The Morgan fingerprint density at radius 3 is 2.78 bits per heavy atom. The van der Waals surface area contributed by atoms with E-state index >= 15 is 0 Å². The molecule has 23 heavy (non-hydrogen) atoms. The number of aromatic nitrogens is 3. The highest BCUT2D eigenvalue weighted by Gasteiger charge is 2.09. The highest BCUT2D eigenvalue weighted by Crippen LogP contribution is 2.07. The van der Waals surface area contributed by atoms with Crippen LogP contribution in [-0.2, 0) is 11.2 Å². The number of ether oxygens (including phenoxy) is 1. The minimum Gasteiger partial charge on any atom is -0.462 e. The van der Waals surface area contributed by atoms with Crippen LogP contribution in [0.15, 0.2) is 47.4 Å². The number of fused-ring (bicyclic) bond motifs is 1. The van der Waals surface area contributed by atoms with Gasteiger partial charge in [-0.25, -0.2) is 19.1 Å². The maximum atomic E-state index is 12.0. The molecule has 0 aliphatic rings.